The Morgan fingerprint density at radius 1 is 1.03 bits per heavy atom. The molecule has 5 nitrogen and oxygen atoms in total. The van der Waals surface area contributed by atoms with Crippen molar-refractivity contribution in [1.29, 1.82) is 0 Å². The standard InChI is InChI=1S/C24H29NO4/c1-4-19(25-15-17-11-7-5-8-12-17)20-21(26-16-18-13-9-6-10-14-18)22-23(27-20)29-24(2,3)28-22/h4-14,19-23,25H,1,15-16H2,2-3H3/t19-,20+,21-,22+,23+/m0/s1. The second-order valence-corrected chi connectivity index (χ2v) is 7.96. The summed E-state index contributed by atoms with van der Waals surface area (Å²) in [6.45, 7) is 9.01. The number of fused-ring (bicyclic) bond motifs is 1. The second kappa shape index (κ2) is 8.78. The van der Waals surface area contributed by atoms with Gasteiger partial charge in [0.25, 0.3) is 0 Å². The zero-order valence-corrected chi connectivity index (χ0v) is 17.0. The summed E-state index contributed by atoms with van der Waals surface area (Å²) >= 11 is 0. The highest BCUT2D eigenvalue weighted by Crippen LogP contribution is 2.40. The van der Waals surface area contributed by atoms with Crippen molar-refractivity contribution in [1.82, 2.24) is 5.32 Å². The van der Waals surface area contributed by atoms with Crippen LogP contribution in [0, 0.1) is 0 Å². The lowest BCUT2D eigenvalue weighted by molar-refractivity contribution is -0.221. The number of hydrogen-bond donors (Lipinski definition) is 1. The molecule has 154 valence electrons. The Bertz CT molecular complexity index is 795. The van der Waals surface area contributed by atoms with Crippen molar-refractivity contribution in [3.8, 4) is 0 Å². The zero-order valence-electron chi connectivity index (χ0n) is 17.0. The van der Waals surface area contributed by atoms with Gasteiger partial charge in [0, 0.05) is 6.54 Å². The molecule has 2 aromatic rings. The summed E-state index contributed by atoms with van der Waals surface area (Å²) in [5, 5.41) is 3.53. The minimum absolute atomic E-state index is 0.100. The third kappa shape index (κ3) is 4.77. The van der Waals surface area contributed by atoms with Crippen LogP contribution in [0.2, 0.25) is 0 Å². The molecule has 0 radical (unpaired) electrons. The van der Waals surface area contributed by atoms with Crippen LogP contribution in [0.4, 0.5) is 0 Å². The monoisotopic (exact) mass is 395 g/mol. The predicted octanol–water partition coefficient (Wildman–Crippen LogP) is 3.79. The van der Waals surface area contributed by atoms with Gasteiger partial charge in [-0.2, -0.15) is 0 Å². The first-order valence-electron chi connectivity index (χ1n) is 10.1. The maximum Gasteiger partial charge on any atom is 0.190 e. The Balaban J connectivity index is 1.47. The van der Waals surface area contributed by atoms with Crippen LogP contribution in [0.3, 0.4) is 0 Å². The summed E-state index contributed by atoms with van der Waals surface area (Å²) in [7, 11) is 0. The molecular formula is C24H29NO4. The Morgan fingerprint density at radius 2 is 1.69 bits per heavy atom. The van der Waals surface area contributed by atoms with Crippen LogP contribution in [0.15, 0.2) is 73.3 Å². The molecule has 5 atom stereocenters. The minimum Gasteiger partial charge on any atom is -0.368 e. The van der Waals surface area contributed by atoms with Crippen LogP contribution >= 0.6 is 0 Å². The number of hydrogen-bond acceptors (Lipinski definition) is 5. The summed E-state index contributed by atoms with van der Waals surface area (Å²) in [6.07, 6.45) is 0.620. The van der Waals surface area contributed by atoms with Gasteiger partial charge in [-0.15, -0.1) is 6.58 Å². The van der Waals surface area contributed by atoms with E-state index in [1.54, 1.807) is 0 Å². The van der Waals surface area contributed by atoms with Crippen molar-refractivity contribution in [2.24, 2.45) is 0 Å². The van der Waals surface area contributed by atoms with E-state index in [-0.39, 0.29) is 24.4 Å². The molecule has 29 heavy (non-hydrogen) atoms. The van der Waals surface area contributed by atoms with E-state index in [9.17, 15) is 0 Å². The van der Waals surface area contributed by atoms with E-state index < -0.39 is 12.1 Å². The van der Waals surface area contributed by atoms with Gasteiger partial charge in [0.05, 0.1) is 12.6 Å². The van der Waals surface area contributed by atoms with E-state index in [1.165, 1.54) is 5.56 Å². The van der Waals surface area contributed by atoms with Crippen molar-refractivity contribution in [3.05, 3.63) is 84.4 Å². The average molecular weight is 395 g/mol. The highest BCUT2D eigenvalue weighted by Gasteiger charge is 2.56. The van der Waals surface area contributed by atoms with E-state index >= 15 is 0 Å². The van der Waals surface area contributed by atoms with E-state index in [0.29, 0.717) is 13.2 Å². The molecule has 4 rings (SSSR count). The molecule has 0 saturated carbocycles. The lowest BCUT2D eigenvalue weighted by Gasteiger charge is -2.30. The Morgan fingerprint density at radius 3 is 2.34 bits per heavy atom. The molecule has 2 heterocycles. The van der Waals surface area contributed by atoms with Gasteiger partial charge in [0.2, 0.25) is 0 Å². The molecule has 2 aliphatic heterocycles. The highest BCUT2D eigenvalue weighted by atomic mass is 16.8. The van der Waals surface area contributed by atoms with Gasteiger partial charge in [-0.25, -0.2) is 0 Å². The average Bonchev–Trinajstić information content (AvgIpc) is 3.20. The number of nitrogens with one attached hydrogen (secondary N) is 1. The van der Waals surface area contributed by atoms with Gasteiger partial charge in [0.15, 0.2) is 12.1 Å². The highest BCUT2D eigenvalue weighted by molar-refractivity contribution is 5.16. The maximum atomic E-state index is 6.33. The molecule has 2 aromatic carbocycles. The second-order valence-electron chi connectivity index (χ2n) is 7.96. The fraction of sp³-hybridized carbons (Fsp3) is 0.417. The van der Waals surface area contributed by atoms with E-state index in [2.05, 4.69) is 36.2 Å². The SMILES string of the molecule is C=C[C@H](NCc1ccccc1)[C@H]1O[C@@H]2OC(C)(C)O[C@@H]2[C@H]1OCc1ccccc1. The summed E-state index contributed by atoms with van der Waals surface area (Å²) in [6, 6.07) is 20.3. The fourth-order valence-corrected chi connectivity index (χ4v) is 3.91. The topological polar surface area (TPSA) is 49.0 Å². The maximum absolute atomic E-state index is 6.33. The van der Waals surface area contributed by atoms with Crippen LogP contribution < -0.4 is 5.32 Å². The number of rotatable bonds is 8. The van der Waals surface area contributed by atoms with Crippen LogP contribution in [-0.4, -0.2) is 36.4 Å². The molecule has 2 aliphatic rings. The molecule has 0 aliphatic carbocycles. The molecule has 0 aromatic heterocycles. The van der Waals surface area contributed by atoms with Crippen LogP contribution in [0.1, 0.15) is 25.0 Å². The molecule has 5 heteroatoms. The summed E-state index contributed by atoms with van der Waals surface area (Å²) in [5.74, 6) is -0.685. The zero-order chi connectivity index (χ0) is 20.3. The quantitative estimate of drug-likeness (QED) is 0.689. The Hall–Kier alpha value is -2.02. The third-order valence-corrected chi connectivity index (χ3v) is 5.30. The first-order chi connectivity index (χ1) is 14.1. The molecule has 1 N–H and O–H groups in total. The predicted molar refractivity (Wildman–Crippen MR) is 111 cm³/mol. The van der Waals surface area contributed by atoms with Gasteiger partial charge < -0.3 is 24.3 Å². The molecule has 0 unspecified atom stereocenters. The first kappa shape index (κ1) is 20.3. The van der Waals surface area contributed by atoms with Gasteiger partial charge >= 0.3 is 0 Å². The van der Waals surface area contributed by atoms with E-state index in [4.69, 9.17) is 18.9 Å². The van der Waals surface area contributed by atoms with Gasteiger partial charge in [-0.05, 0) is 25.0 Å². The molecular weight excluding hydrogens is 366 g/mol. The molecule has 0 spiro atoms. The summed E-state index contributed by atoms with van der Waals surface area (Å²) < 4.78 is 24.7. The van der Waals surface area contributed by atoms with Gasteiger partial charge in [0.1, 0.15) is 18.3 Å². The normalized spacial score (nSPS) is 28.8. The van der Waals surface area contributed by atoms with Gasteiger partial charge in [-0.1, -0.05) is 66.7 Å². The van der Waals surface area contributed by atoms with Crippen molar-refractivity contribution >= 4 is 0 Å². The summed E-state index contributed by atoms with van der Waals surface area (Å²) in [4.78, 5) is 0. The van der Waals surface area contributed by atoms with Crippen LogP contribution in [-0.2, 0) is 32.1 Å². The largest absolute Gasteiger partial charge is 0.368 e. The first-order valence-corrected chi connectivity index (χ1v) is 10.1. The lowest BCUT2D eigenvalue weighted by atomic mass is 10.0. The van der Waals surface area contributed by atoms with Crippen molar-refractivity contribution in [3.63, 3.8) is 0 Å². The van der Waals surface area contributed by atoms with Crippen molar-refractivity contribution in [2.75, 3.05) is 0 Å². The summed E-state index contributed by atoms with van der Waals surface area (Å²) in [5.41, 5.74) is 2.31. The smallest absolute Gasteiger partial charge is 0.190 e. The molecule has 2 saturated heterocycles. The number of ether oxygens (including phenoxy) is 4. The van der Waals surface area contributed by atoms with Crippen LogP contribution in [0.5, 0.6) is 0 Å². The molecule has 2 fully saturated rings. The van der Waals surface area contributed by atoms with E-state index in [1.807, 2.05) is 56.3 Å². The fourth-order valence-electron chi connectivity index (χ4n) is 3.91. The van der Waals surface area contributed by atoms with Crippen molar-refractivity contribution < 1.29 is 18.9 Å². The molecule has 0 amide bonds. The van der Waals surface area contributed by atoms with Crippen molar-refractivity contribution in [2.45, 2.75) is 63.4 Å². The van der Waals surface area contributed by atoms with E-state index in [0.717, 1.165) is 5.56 Å². The van der Waals surface area contributed by atoms with Crippen LogP contribution in [0.25, 0.3) is 0 Å². The number of benzene rings is 2. The third-order valence-electron chi connectivity index (χ3n) is 5.30. The minimum atomic E-state index is -0.685. The Kier molecular flexibility index (Phi) is 6.13. The van der Waals surface area contributed by atoms with Gasteiger partial charge in [-0.3, -0.25) is 0 Å². The Labute approximate surface area is 172 Å². The lowest BCUT2D eigenvalue weighted by Crippen LogP contribution is -2.47. The molecule has 0 bridgehead atoms.